The zero-order chi connectivity index (χ0) is 18.5. The van der Waals surface area contributed by atoms with Gasteiger partial charge in [-0.2, -0.15) is 5.10 Å². The Bertz CT molecular complexity index is 971. The van der Waals surface area contributed by atoms with Crippen LogP contribution in [0.5, 0.6) is 5.88 Å². The van der Waals surface area contributed by atoms with Gasteiger partial charge in [0.25, 0.3) is 0 Å². The molecule has 3 aliphatic carbocycles. The monoisotopic (exact) mass is 363 g/mol. The first-order valence-electron chi connectivity index (χ1n) is 9.73. The number of nitrogens with two attached hydrogens (primary N) is 1. The van der Waals surface area contributed by atoms with E-state index in [1.165, 1.54) is 19.3 Å². The van der Waals surface area contributed by atoms with Crippen LogP contribution in [0.3, 0.4) is 0 Å². The van der Waals surface area contributed by atoms with Gasteiger partial charge in [0.2, 0.25) is 5.88 Å². The van der Waals surface area contributed by atoms with Crippen LogP contribution in [0.15, 0.2) is 30.7 Å². The number of hydrogen-bond acceptors (Lipinski definition) is 5. The number of aryl methyl sites for hydroxylation is 1. The number of nitrogens with zero attached hydrogens (tertiary/aromatic N) is 3. The van der Waals surface area contributed by atoms with Crippen LogP contribution in [0.1, 0.15) is 44.1 Å². The minimum absolute atomic E-state index is 0.0977. The molecule has 3 aromatic rings. The molecule has 3 N–H and O–H groups in total. The third-order valence-electron chi connectivity index (χ3n) is 6.67. The van der Waals surface area contributed by atoms with E-state index in [1.807, 2.05) is 12.3 Å². The van der Waals surface area contributed by atoms with E-state index in [2.05, 4.69) is 33.2 Å². The number of hydrogen-bond donors (Lipinski definition) is 2. The highest BCUT2D eigenvalue weighted by Crippen LogP contribution is 2.51. The van der Waals surface area contributed by atoms with Crippen molar-refractivity contribution in [1.82, 2.24) is 20.2 Å². The van der Waals surface area contributed by atoms with E-state index >= 15 is 0 Å². The van der Waals surface area contributed by atoms with Gasteiger partial charge in [-0.05, 0) is 63.1 Å². The molecule has 0 amide bonds. The summed E-state index contributed by atoms with van der Waals surface area (Å²) >= 11 is 0. The predicted molar refractivity (Wildman–Crippen MR) is 104 cm³/mol. The van der Waals surface area contributed by atoms with Crippen molar-refractivity contribution in [1.29, 1.82) is 0 Å². The lowest BCUT2D eigenvalue weighted by atomic mass is 9.58. The second kappa shape index (κ2) is 6.02. The van der Waals surface area contributed by atoms with E-state index in [4.69, 9.17) is 10.5 Å². The standard InChI is InChI=1S/C21H25N5O/c1-14-10-15(16-2-9-23-18-17(16)12-25-26-18)11-24-19(14)27-13-20-3-6-21(22,7-4-20)8-5-20/h2,9-12H,3-8,13,22H2,1H3,(H,23,25,26). The lowest BCUT2D eigenvalue weighted by Gasteiger charge is -2.51. The molecule has 0 saturated heterocycles. The minimum Gasteiger partial charge on any atom is -0.477 e. The van der Waals surface area contributed by atoms with Gasteiger partial charge in [0, 0.05) is 39.9 Å². The molecule has 27 heavy (non-hydrogen) atoms. The molecule has 3 aliphatic rings. The number of rotatable bonds is 4. The van der Waals surface area contributed by atoms with Gasteiger partial charge in [-0.15, -0.1) is 0 Å². The topological polar surface area (TPSA) is 89.7 Å². The van der Waals surface area contributed by atoms with Crippen LogP contribution in [0, 0.1) is 12.3 Å². The van der Waals surface area contributed by atoms with E-state index in [0.29, 0.717) is 5.41 Å². The maximum absolute atomic E-state index is 6.43. The van der Waals surface area contributed by atoms with Crippen molar-refractivity contribution in [2.24, 2.45) is 11.1 Å². The van der Waals surface area contributed by atoms with Crippen LogP contribution in [0.2, 0.25) is 0 Å². The summed E-state index contributed by atoms with van der Waals surface area (Å²) in [6.07, 6.45) is 12.4. The summed E-state index contributed by atoms with van der Waals surface area (Å²) in [5.41, 5.74) is 10.8. The molecule has 6 nitrogen and oxygen atoms in total. The highest BCUT2D eigenvalue weighted by atomic mass is 16.5. The van der Waals surface area contributed by atoms with Crippen LogP contribution >= 0.6 is 0 Å². The zero-order valence-electron chi connectivity index (χ0n) is 15.7. The average molecular weight is 363 g/mol. The first-order valence-corrected chi connectivity index (χ1v) is 9.73. The Kier molecular flexibility index (Phi) is 3.72. The molecular formula is C21H25N5O. The first-order chi connectivity index (χ1) is 13.1. The van der Waals surface area contributed by atoms with Gasteiger partial charge in [0.05, 0.1) is 12.8 Å². The number of aromatic amines is 1. The van der Waals surface area contributed by atoms with Gasteiger partial charge < -0.3 is 10.5 Å². The Labute approximate surface area is 158 Å². The second-order valence-corrected chi connectivity index (χ2v) is 8.49. The van der Waals surface area contributed by atoms with Crippen molar-refractivity contribution in [3.8, 4) is 17.0 Å². The summed E-state index contributed by atoms with van der Waals surface area (Å²) in [5, 5.41) is 8.01. The van der Waals surface area contributed by atoms with Gasteiger partial charge >= 0.3 is 0 Å². The SMILES string of the molecule is Cc1cc(-c2ccnc3[nH]ncc23)cnc1OCC12CCC(N)(CC1)CC2. The molecule has 0 atom stereocenters. The van der Waals surface area contributed by atoms with E-state index in [-0.39, 0.29) is 5.54 Å². The zero-order valence-corrected chi connectivity index (χ0v) is 15.7. The molecule has 2 bridgehead atoms. The second-order valence-electron chi connectivity index (χ2n) is 8.49. The molecule has 3 heterocycles. The third-order valence-corrected chi connectivity index (χ3v) is 6.67. The Morgan fingerprint density at radius 3 is 2.63 bits per heavy atom. The average Bonchev–Trinajstić information content (AvgIpc) is 3.17. The van der Waals surface area contributed by atoms with Crippen LogP contribution in [0.25, 0.3) is 22.2 Å². The third kappa shape index (κ3) is 2.88. The lowest BCUT2D eigenvalue weighted by Crippen LogP contribution is -2.53. The van der Waals surface area contributed by atoms with E-state index in [9.17, 15) is 0 Å². The Hall–Kier alpha value is -2.47. The molecule has 140 valence electrons. The Balaban J connectivity index is 1.36. The fourth-order valence-corrected chi connectivity index (χ4v) is 4.69. The van der Waals surface area contributed by atoms with E-state index in [1.54, 1.807) is 12.4 Å². The molecule has 3 saturated carbocycles. The summed E-state index contributed by atoms with van der Waals surface area (Å²) in [4.78, 5) is 8.93. The summed E-state index contributed by atoms with van der Waals surface area (Å²) in [6, 6.07) is 4.13. The summed E-state index contributed by atoms with van der Waals surface area (Å²) in [6.45, 7) is 2.81. The molecule has 0 spiro atoms. The van der Waals surface area contributed by atoms with Gasteiger partial charge in [0.15, 0.2) is 5.65 Å². The van der Waals surface area contributed by atoms with Gasteiger partial charge in [0.1, 0.15) is 0 Å². The molecule has 0 radical (unpaired) electrons. The highest BCUT2D eigenvalue weighted by Gasteiger charge is 2.47. The van der Waals surface area contributed by atoms with Crippen LogP contribution in [0.4, 0.5) is 0 Å². The van der Waals surface area contributed by atoms with Crippen molar-refractivity contribution in [3.63, 3.8) is 0 Å². The summed E-state index contributed by atoms with van der Waals surface area (Å²) in [7, 11) is 0. The number of pyridine rings is 2. The molecule has 0 aromatic carbocycles. The van der Waals surface area contributed by atoms with Crippen LogP contribution in [-0.4, -0.2) is 32.3 Å². The number of aromatic nitrogens is 4. The molecule has 6 heteroatoms. The van der Waals surface area contributed by atoms with Crippen molar-refractivity contribution in [2.75, 3.05) is 6.61 Å². The predicted octanol–water partition coefficient (Wildman–Crippen LogP) is 3.76. The van der Waals surface area contributed by atoms with Gasteiger partial charge in [-0.1, -0.05) is 0 Å². The summed E-state index contributed by atoms with van der Waals surface area (Å²) in [5.74, 6) is 0.737. The van der Waals surface area contributed by atoms with Crippen molar-refractivity contribution < 1.29 is 4.74 Å². The van der Waals surface area contributed by atoms with Crippen molar-refractivity contribution >= 4 is 11.0 Å². The first kappa shape index (κ1) is 16.7. The molecule has 6 rings (SSSR count). The number of nitrogens with one attached hydrogen (secondary N) is 1. The van der Waals surface area contributed by atoms with Gasteiger partial charge in [-0.25, -0.2) is 9.97 Å². The number of H-pyrrole nitrogens is 1. The Morgan fingerprint density at radius 2 is 1.89 bits per heavy atom. The lowest BCUT2D eigenvalue weighted by molar-refractivity contribution is 0.00388. The molecule has 0 aliphatic heterocycles. The molecule has 3 fully saturated rings. The van der Waals surface area contributed by atoms with E-state index < -0.39 is 0 Å². The van der Waals surface area contributed by atoms with Gasteiger partial charge in [-0.3, -0.25) is 5.10 Å². The fraction of sp³-hybridized carbons (Fsp3) is 0.476. The Morgan fingerprint density at radius 1 is 1.11 bits per heavy atom. The largest absolute Gasteiger partial charge is 0.477 e. The quantitative estimate of drug-likeness (QED) is 0.737. The minimum atomic E-state index is 0.0977. The van der Waals surface area contributed by atoms with E-state index in [0.717, 1.165) is 59.5 Å². The number of ether oxygens (including phenoxy) is 1. The van der Waals surface area contributed by atoms with Crippen molar-refractivity contribution in [3.05, 3.63) is 36.3 Å². The smallest absolute Gasteiger partial charge is 0.216 e. The fourth-order valence-electron chi connectivity index (χ4n) is 4.69. The maximum Gasteiger partial charge on any atom is 0.216 e. The van der Waals surface area contributed by atoms with Crippen LogP contribution < -0.4 is 10.5 Å². The maximum atomic E-state index is 6.43. The highest BCUT2D eigenvalue weighted by molar-refractivity contribution is 5.91. The normalized spacial score (nSPS) is 27.2. The summed E-state index contributed by atoms with van der Waals surface area (Å²) < 4.78 is 6.21. The molecule has 3 aromatic heterocycles. The molecular weight excluding hydrogens is 338 g/mol. The van der Waals surface area contributed by atoms with Crippen LogP contribution in [-0.2, 0) is 0 Å². The van der Waals surface area contributed by atoms with Crippen molar-refractivity contribution in [2.45, 2.75) is 51.0 Å². The number of fused-ring (bicyclic) bond motifs is 4. The molecule has 0 unspecified atom stereocenters.